The molecule has 4 N–H and O–H groups in total. The second-order valence-electron chi connectivity index (χ2n) is 5.57. The number of nitrogens with two attached hydrogens (primary N) is 1. The first-order valence-electron chi connectivity index (χ1n) is 7.55. The molecule has 22 heavy (non-hydrogen) atoms. The van der Waals surface area contributed by atoms with E-state index in [9.17, 15) is 14.4 Å². The molecule has 0 spiro atoms. The molecule has 7 nitrogen and oxygen atoms in total. The predicted octanol–water partition coefficient (Wildman–Crippen LogP) is -0.308. The summed E-state index contributed by atoms with van der Waals surface area (Å²) in [5.41, 5.74) is 5.53. The Morgan fingerprint density at radius 3 is 2.64 bits per heavy atom. The van der Waals surface area contributed by atoms with E-state index >= 15 is 0 Å². The lowest BCUT2D eigenvalue weighted by Gasteiger charge is -2.30. The fraction of sp³-hybridized carbons (Fsp3) is 0.533. The van der Waals surface area contributed by atoms with E-state index < -0.39 is 0 Å². The number of likely N-dealkylation sites (tertiary alicyclic amines) is 1. The molecular weight excluding hydrogens is 284 g/mol. The van der Waals surface area contributed by atoms with Gasteiger partial charge in [0, 0.05) is 24.7 Å². The minimum absolute atomic E-state index is 0.0104. The molecular formula is C15H22N4O3. The lowest BCUT2D eigenvalue weighted by atomic mass is 9.96. The molecule has 0 atom stereocenters. The van der Waals surface area contributed by atoms with Crippen LogP contribution in [-0.4, -0.2) is 47.9 Å². The molecule has 1 aliphatic rings. The van der Waals surface area contributed by atoms with E-state index in [1.54, 1.807) is 0 Å². The summed E-state index contributed by atoms with van der Waals surface area (Å²) >= 11 is 0. The van der Waals surface area contributed by atoms with Crippen molar-refractivity contribution < 1.29 is 9.59 Å². The van der Waals surface area contributed by atoms with Gasteiger partial charge in [0.1, 0.15) is 0 Å². The van der Waals surface area contributed by atoms with Gasteiger partial charge < -0.3 is 20.9 Å². The molecule has 120 valence electrons. The summed E-state index contributed by atoms with van der Waals surface area (Å²) in [6, 6.07) is 2.83. The largest absolute Gasteiger partial charge is 0.369 e. The summed E-state index contributed by atoms with van der Waals surface area (Å²) in [5, 5.41) is 2.82. The highest BCUT2D eigenvalue weighted by Gasteiger charge is 2.22. The van der Waals surface area contributed by atoms with E-state index in [1.165, 1.54) is 18.3 Å². The number of nitrogens with one attached hydrogen (secondary N) is 2. The van der Waals surface area contributed by atoms with E-state index in [1.807, 2.05) is 0 Å². The van der Waals surface area contributed by atoms with Crippen molar-refractivity contribution in [3.05, 3.63) is 34.2 Å². The highest BCUT2D eigenvalue weighted by molar-refractivity contribution is 5.93. The molecule has 2 rings (SSSR count). The maximum absolute atomic E-state index is 11.8. The third-order valence-electron chi connectivity index (χ3n) is 3.97. The molecule has 1 aromatic rings. The van der Waals surface area contributed by atoms with E-state index in [4.69, 9.17) is 5.73 Å². The maximum Gasteiger partial charge on any atom is 0.252 e. The Hall–Kier alpha value is -2.15. The molecule has 1 aromatic heterocycles. The van der Waals surface area contributed by atoms with Crippen molar-refractivity contribution in [3.8, 4) is 0 Å². The van der Waals surface area contributed by atoms with Crippen LogP contribution in [0.1, 0.15) is 29.6 Å². The molecule has 1 saturated heterocycles. The molecule has 0 bridgehead atoms. The average molecular weight is 306 g/mol. The number of hydrogen-bond acceptors (Lipinski definition) is 4. The van der Waals surface area contributed by atoms with Gasteiger partial charge in [-0.1, -0.05) is 0 Å². The van der Waals surface area contributed by atoms with Gasteiger partial charge in [0.05, 0.1) is 5.56 Å². The molecule has 0 aliphatic carbocycles. The fourth-order valence-corrected chi connectivity index (χ4v) is 2.60. The number of carbonyl (C=O) groups excluding carboxylic acids is 2. The highest BCUT2D eigenvalue weighted by atomic mass is 16.2. The van der Waals surface area contributed by atoms with Crippen molar-refractivity contribution >= 4 is 11.8 Å². The van der Waals surface area contributed by atoms with Gasteiger partial charge in [0.2, 0.25) is 11.5 Å². The third-order valence-corrected chi connectivity index (χ3v) is 3.97. The minimum Gasteiger partial charge on any atom is -0.369 e. The van der Waals surface area contributed by atoms with Gasteiger partial charge in [-0.05, 0) is 45.0 Å². The van der Waals surface area contributed by atoms with Crippen molar-refractivity contribution in [2.75, 3.05) is 26.2 Å². The third kappa shape index (κ3) is 4.70. The first kappa shape index (κ1) is 16.2. The van der Waals surface area contributed by atoms with E-state index in [-0.39, 0.29) is 23.3 Å². The monoisotopic (exact) mass is 306 g/mol. The predicted molar refractivity (Wildman–Crippen MR) is 82.4 cm³/mol. The first-order chi connectivity index (χ1) is 10.6. The van der Waals surface area contributed by atoms with Crippen LogP contribution in [0, 0.1) is 5.92 Å². The average Bonchev–Trinajstić information content (AvgIpc) is 2.52. The summed E-state index contributed by atoms with van der Waals surface area (Å²) in [5.74, 6) is -0.382. The van der Waals surface area contributed by atoms with Crippen molar-refractivity contribution in [1.29, 1.82) is 0 Å². The van der Waals surface area contributed by atoms with E-state index in [2.05, 4.69) is 15.2 Å². The number of primary amides is 1. The zero-order chi connectivity index (χ0) is 15.9. The molecule has 2 amide bonds. The standard InChI is InChI=1S/C15H22N4O3/c16-14(21)11-4-8-19(9-5-11)7-1-6-17-15(22)12-2-3-13(20)18-10-12/h2-3,10-11H,1,4-9H2,(H2,16,21)(H,17,22)(H,18,20). The van der Waals surface area contributed by atoms with Crippen LogP contribution < -0.4 is 16.6 Å². The quantitative estimate of drug-likeness (QED) is 0.627. The zero-order valence-corrected chi connectivity index (χ0v) is 12.5. The van der Waals surface area contributed by atoms with Gasteiger partial charge in [-0.15, -0.1) is 0 Å². The van der Waals surface area contributed by atoms with Crippen LogP contribution in [0.15, 0.2) is 23.1 Å². The van der Waals surface area contributed by atoms with E-state index in [0.29, 0.717) is 12.1 Å². The SMILES string of the molecule is NC(=O)C1CCN(CCCNC(=O)c2ccc(=O)[nH]c2)CC1. The second kappa shape index (κ2) is 7.74. The number of aromatic nitrogens is 1. The number of piperidine rings is 1. The van der Waals surface area contributed by atoms with Gasteiger partial charge in [-0.25, -0.2) is 0 Å². The van der Waals surface area contributed by atoms with Crippen LogP contribution in [0.25, 0.3) is 0 Å². The smallest absolute Gasteiger partial charge is 0.252 e. The number of hydrogen-bond donors (Lipinski definition) is 3. The Labute approximate surface area is 128 Å². The van der Waals surface area contributed by atoms with Gasteiger partial charge in [0.25, 0.3) is 5.91 Å². The van der Waals surface area contributed by atoms with Crippen LogP contribution in [0.4, 0.5) is 0 Å². The molecule has 0 saturated carbocycles. The second-order valence-corrected chi connectivity index (χ2v) is 5.57. The van der Waals surface area contributed by atoms with Crippen molar-refractivity contribution in [3.63, 3.8) is 0 Å². The number of aromatic amines is 1. The van der Waals surface area contributed by atoms with E-state index in [0.717, 1.165) is 38.9 Å². The Morgan fingerprint density at radius 1 is 1.32 bits per heavy atom. The van der Waals surface area contributed by atoms with Crippen molar-refractivity contribution in [2.24, 2.45) is 11.7 Å². The number of nitrogens with zero attached hydrogens (tertiary/aromatic N) is 1. The normalized spacial score (nSPS) is 16.4. The fourth-order valence-electron chi connectivity index (χ4n) is 2.60. The minimum atomic E-state index is -0.226. The summed E-state index contributed by atoms with van der Waals surface area (Å²) in [6.45, 7) is 3.22. The topological polar surface area (TPSA) is 108 Å². The number of amides is 2. The van der Waals surface area contributed by atoms with Gasteiger partial charge in [0.15, 0.2) is 0 Å². The first-order valence-corrected chi connectivity index (χ1v) is 7.55. The molecule has 0 aromatic carbocycles. The van der Waals surface area contributed by atoms with Crippen LogP contribution in [0.2, 0.25) is 0 Å². The summed E-state index contributed by atoms with van der Waals surface area (Å²) in [7, 11) is 0. The Morgan fingerprint density at radius 2 is 2.05 bits per heavy atom. The molecule has 2 heterocycles. The number of carbonyl (C=O) groups is 2. The van der Waals surface area contributed by atoms with Gasteiger partial charge in [-0.2, -0.15) is 0 Å². The Bertz CT molecular complexity index is 556. The van der Waals surface area contributed by atoms with Gasteiger partial charge >= 0.3 is 0 Å². The highest BCUT2D eigenvalue weighted by Crippen LogP contribution is 2.16. The summed E-state index contributed by atoms with van der Waals surface area (Å²) in [6.07, 6.45) is 3.89. The molecule has 1 fully saturated rings. The zero-order valence-electron chi connectivity index (χ0n) is 12.5. The lowest BCUT2D eigenvalue weighted by molar-refractivity contribution is -0.123. The molecule has 0 radical (unpaired) electrons. The summed E-state index contributed by atoms with van der Waals surface area (Å²) < 4.78 is 0. The Balaban J connectivity index is 1.63. The van der Waals surface area contributed by atoms with Crippen LogP contribution in [0.5, 0.6) is 0 Å². The molecule has 1 aliphatic heterocycles. The summed E-state index contributed by atoms with van der Waals surface area (Å²) in [4.78, 5) is 38.6. The molecule has 0 unspecified atom stereocenters. The lowest BCUT2D eigenvalue weighted by Crippen LogP contribution is -2.39. The Kier molecular flexibility index (Phi) is 5.71. The van der Waals surface area contributed by atoms with Crippen LogP contribution >= 0.6 is 0 Å². The maximum atomic E-state index is 11.8. The van der Waals surface area contributed by atoms with Crippen LogP contribution in [0.3, 0.4) is 0 Å². The number of H-pyrrole nitrogens is 1. The van der Waals surface area contributed by atoms with Gasteiger partial charge in [-0.3, -0.25) is 14.4 Å². The van der Waals surface area contributed by atoms with Crippen molar-refractivity contribution in [1.82, 2.24) is 15.2 Å². The molecule has 7 heteroatoms. The van der Waals surface area contributed by atoms with Crippen molar-refractivity contribution in [2.45, 2.75) is 19.3 Å². The van der Waals surface area contributed by atoms with Crippen LogP contribution in [-0.2, 0) is 4.79 Å². The number of pyridine rings is 1. The number of rotatable bonds is 6.